The molecule has 0 aliphatic carbocycles. The third-order valence-electron chi connectivity index (χ3n) is 3.70. The second kappa shape index (κ2) is 4.04. The zero-order chi connectivity index (χ0) is 11.8. The van der Waals surface area contributed by atoms with Gasteiger partial charge in [0.15, 0.2) is 0 Å². The quantitative estimate of drug-likeness (QED) is 0.850. The lowest BCUT2D eigenvalue weighted by Gasteiger charge is -2.26. The smallest absolute Gasteiger partial charge is 0.0903 e. The van der Waals surface area contributed by atoms with E-state index in [0.29, 0.717) is 6.04 Å². The molecule has 1 aliphatic heterocycles. The molecule has 4 nitrogen and oxygen atoms in total. The fraction of sp³-hybridized carbons (Fsp3) is 0.462. The van der Waals surface area contributed by atoms with Gasteiger partial charge in [0.25, 0.3) is 0 Å². The van der Waals surface area contributed by atoms with Gasteiger partial charge in [0.2, 0.25) is 0 Å². The lowest BCUT2D eigenvalue weighted by Crippen LogP contribution is -2.35. The third kappa shape index (κ3) is 1.60. The first kappa shape index (κ1) is 10.6. The second-order valence-electron chi connectivity index (χ2n) is 4.72. The number of aromatic nitrogens is 2. The SMILES string of the molecule is Cn1ccc2nccc(N3CCCC3CN)c21. The van der Waals surface area contributed by atoms with Crippen LogP contribution in [0.2, 0.25) is 0 Å². The van der Waals surface area contributed by atoms with Gasteiger partial charge in [-0.2, -0.15) is 0 Å². The molecule has 0 amide bonds. The molecular weight excluding hydrogens is 212 g/mol. The van der Waals surface area contributed by atoms with Gasteiger partial charge in [0, 0.05) is 38.6 Å². The monoisotopic (exact) mass is 230 g/mol. The summed E-state index contributed by atoms with van der Waals surface area (Å²) < 4.78 is 2.14. The van der Waals surface area contributed by atoms with Crippen molar-refractivity contribution in [1.82, 2.24) is 9.55 Å². The lowest BCUT2D eigenvalue weighted by atomic mass is 10.2. The van der Waals surface area contributed by atoms with Crippen molar-refractivity contribution in [3.8, 4) is 0 Å². The second-order valence-corrected chi connectivity index (χ2v) is 4.72. The van der Waals surface area contributed by atoms with Crippen LogP contribution in [-0.2, 0) is 7.05 Å². The summed E-state index contributed by atoms with van der Waals surface area (Å²) in [5, 5.41) is 0. The van der Waals surface area contributed by atoms with Crippen molar-refractivity contribution in [2.45, 2.75) is 18.9 Å². The Morgan fingerprint density at radius 3 is 3.18 bits per heavy atom. The van der Waals surface area contributed by atoms with Crippen LogP contribution >= 0.6 is 0 Å². The number of rotatable bonds is 2. The van der Waals surface area contributed by atoms with Crippen LogP contribution in [-0.4, -0.2) is 28.7 Å². The average Bonchev–Trinajstić information content (AvgIpc) is 2.96. The van der Waals surface area contributed by atoms with Crippen molar-refractivity contribution in [1.29, 1.82) is 0 Å². The maximum absolute atomic E-state index is 5.85. The molecule has 3 heterocycles. The van der Waals surface area contributed by atoms with Crippen LogP contribution in [0, 0.1) is 0 Å². The summed E-state index contributed by atoms with van der Waals surface area (Å²) in [6.07, 6.45) is 6.39. The average molecular weight is 230 g/mol. The van der Waals surface area contributed by atoms with Gasteiger partial charge >= 0.3 is 0 Å². The van der Waals surface area contributed by atoms with Crippen LogP contribution in [0.5, 0.6) is 0 Å². The molecule has 0 bridgehead atoms. The molecular formula is C13H18N4. The first-order chi connectivity index (χ1) is 8.31. The van der Waals surface area contributed by atoms with E-state index in [1.54, 1.807) is 0 Å². The van der Waals surface area contributed by atoms with Gasteiger partial charge in [-0.1, -0.05) is 0 Å². The minimum Gasteiger partial charge on any atom is -0.365 e. The maximum atomic E-state index is 5.85. The van der Waals surface area contributed by atoms with Crippen molar-refractivity contribution in [3.05, 3.63) is 24.5 Å². The Morgan fingerprint density at radius 1 is 1.47 bits per heavy atom. The fourth-order valence-corrected chi connectivity index (χ4v) is 2.83. The molecule has 1 atom stereocenters. The van der Waals surface area contributed by atoms with Crippen LogP contribution in [0.25, 0.3) is 11.0 Å². The highest BCUT2D eigenvalue weighted by atomic mass is 15.2. The molecule has 0 spiro atoms. The van der Waals surface area contributed by atoms with E-state index in [4.69, 9.17) is 5.73 Å². The molecule has 2 aromatic rings. The molecule has 17 heavy (non-hydrogen) atoms. The first-order valence-corrected chi connectivity index (χ1v) is 6.18. The third-order valence-corrected chi connectivity index (χ3v) is 3.70. The summed E-state index contributed by atoms with van der Waals surface area (Å²) in [5.74, 6) is 0. The molecule has 1 fully saturated rings. The molecule has 2 aromatic heterocycles. The molecule has 0 aromatic carbocycles. The van der Waals surface area contributed by atoms with Crippen LogP contribution in [0.1, 0.15) is 12.8 Å². The van der Waals surface area contributed by atoms with E-state index in [-0.39, 0.29) is 0 Å². The van der Waals surface area contributed by atoms with E-state index in [2.05, 4.69) is 39.8 Å². The van der Waals surface area contributed by atoms with Gasteiger partial charge in [-0.05, 0) is 25.0 Å². The number of nitrogens with zero attached hydrogens (tertiary/aromatic N) is 3. The largest absolute Gasteiger partial charge is 0.365 e. The molecule has 1 unspecified atom stereocenters. The molecule has 4 heteroatoms. The summed E-state index contributed by atoms with van der Waals surface area (Å²) in [4.78, 5) is 6.84. The van der Waals surface area contributed by atoms with Crippen LogP contribution < -0.4 is 10.6 Å². The number of hydrogen-bond acceptors (Lipinski definition) is 3. The topological polar surface area (TPSA) is 47.1 Å². The summed E-state index contributed by atoms with van der Waals surface area (Å²) in [5.41, 5.74) is 9.41. The molecule has 0 radical (unpaired) electrons. The van der Waals surface area contributed by atoms with Gasteiger partial charge < -0.3 is 15.2 Å². The molecule has 2 N–H and O–H groups in total. The molecule has 1 aliphatic rings. The standard InChI is InChI=1S/C13H18N4/c1-16-8-5-11-13(16)12(4-6-15-11)17-7-2-3-10(17)9-14/h4-6,8,10H,2-3,7,9,14H2,1H3. The van der Waals surface area contributed by atoms with Crippen LogP contribution in [0.4, 0.5) is 5.69 Å². The van der Waals surface area contributed by atoms with E-state index in [1.165, 1.54) is 24.0 Å². The zero-order valence-electron chi connectivity index (χ0n) is 10.1. The number of anilines is 1. The number of aryl methyl sites for hydroxylation is 1. The van der Waals surface area contributed by atoms with Crippen molar-refractivity contribution in [2.24, 2.45) is 12.8 Å². The molecule has 90 valence electrons. The Balaban J connectivity index is 2.13. The van der Waals surface area contributed by atoms with Gasteiger partial charge in [-0.25, -0.2) is 0 Å². The zero-order valence-corrected chi connectivity index (χ0v) is 10.1. The minimum absolute atomic E-state index is 0.482. The van der Waals surface area contributed by atoms with E-state index in [1.807, 2.05) is 6.20 Å². The Morgan fingerprint density at radius 2 is 2.35 bits per heavy atom. The molecule has 1 saturated heterocycles. The summed E-state index contributed by atoms with van der Waals surface area (Å²) >= 11 is 0. The minimum atomic E-state index is 0.482. The summed E-state index contributed by atoms with van der Waals surface area (Å²) in [7, 11) is 2.07. The van der Waals surface area contributed by atoms with E-state index in [9.17, 15) is 0 Å². The maximum Gasteiger partial charge on any atom is 0.0903 e. The normalized spacial score (nSPS) is 20.4. The van der Waals surface area contributed by atoms with Gasteiger partial charge in [-0.3, -0.25) is 4.98 Å². The highest BCUT2D eigenvalue weighted by Crippen LogP contribution is 2.31. The van der Waals surface area contributed by atoms with Gasteiger partial charge in [-0.15, -0.1) is 0 Å². The van der Waals surface area contributed by atoms with E-state index in [0.717, 1.165) is 18.6 Å². The highest BCUT2D eigenvalue weighted by Gasteiger charge is 2.25. The van der Waals surface area contributed by atoms with Crippen molar-refractivity contribution >= 4 is 16.7 Å². The molecule has 0 saturated carbocycles. The van der Waals surface area contributed by atoms with Crippen molar-refractivity contribution in [2.75, 3.05) is 18.0 Å². The molecule has 3 rings (SSSR count). The van der Waals surface area contributed by atoms with E-state index < -0.39 is 0 Å². The first-order valence-electron chi connectivity index (χ1n) is 6.18. The van der Waals surface area contributed by atoms with Crippen LogP contribution in [0.15, 0.2) is 24.5 Å². The number of fused-ring (bicyclic) bond motifs is 1. The Bertz CT molecular complexity index is 531. The van der Waals surface area contributed by atoms with Gasteiger partial charge in [0.05, 0.1) is 16.7 Å². The fourth-order valence-electron chi connectivity index (χ4n) is 2.83. The van der Waals surface area contributed by atoms with E-state index >= 15 is 0 Å². The predicted molar refractivity (Wildman–Crippen MR) is 70.1 cm³/mol. The lowest BCUT2D eigenvalue weighted by molar-refractivity contribution is 0.677. The summed E-state index contributed by atoms with van der Waals surface area (Å²) in [6.45, 7) is 1.83. The Hall–Kier alpha value is -1.55. The number of hydrogen-bond donors (Lipinski definition) is 1. The number of nitrogens with two attached hydrogens (primary N) is 1. The Kier molecular flexibility index (Phi) is 2.52. The van der Waals surface area contributed by atoms with Crippen molar-refractivity contribution in [3.63, 3.8) is 0 Å². The number of pyridine rings is 1. The summed E-state index contributed by atoms with van der Waals surface area (Å²) in [6, 6.07) is 4.65. The van der Waals surface area contributed by atoms with Gasteiger partial charge in [0.1, 0.15) is 0 Å². The van der Waals surface area contributed by atoms with Crippen LogP contribution in [0.3, 0.4) is 0 Å². The predicted octanol–water partition coefficient (Wildman–Crippen LogP) is 1.50. The van der Waals surface area contributed by atoms with Crippen molar-refractivity contribution < 1.29 is 0 Å². The highest BCUT2D eigenvalue weighted by molar-refractivity contribution is 5.89. The Labute approximate surface area is 101 Å².